The summed E-state index contributed by atoms with van der Waals surface area (Å²) in [6.45, 7) is 0. The SMILES string of the molecule is [O]NNO. The summed E-state index contributed by atoms with van der Waals surface area (Å²) in [5, 5.41) is 15.9. The Bertz CT molecular complexity index is 6.00. The van der Waals surface area contributed by atoms with Crippen LogP contribution in [0.2, 0.25) is 0 Å². The zero-order valence-electron chi connectivity index (χ0n) is 1.86. The average Bonchev–Trinajstić information content (AvgIpc) is 1.37. The molecule has 4 heteroatoms. The maximum Gasteiger partial charge on any atom is -0.0785 e. The molecule has 0 saturated heterocycles. The third-order valence-corrected chi connectivity index (χ3v) is 0.0456. The Kier molecular flexibility index (Phi) is 2.73. The van der Waals surface area contributed by atoms with Crippen molar-refractivity contribution in [2.75, 3.05) is 0 Å². The Hall–Kier alpha value is -0.160. The lowest BCUT2D eigenvalue weighted by atomic mass is 12.7. The van der Waals surface area contributed by atoms with Gasteiger partial charge in [-0.15, -0.1) is 10.8 Å². The van der Waals surface area contributed by atoms with E-state index in [1.165, 1.54) is 0 Å². The van der Waals surface area contributed by atoms with Crippen molar-refractivity contribution >= 4 is 0 Å². The quantitative estimate of drug-likeness (QED) is 0.335. The minimum Gasteiger partial charge on any atom is -0.300 e. The molecule has 0 fully saturated rings. The number of rotatable bonds is 1. The van der Waals surface area contributed by atoms with Crippen LogP contribution in [-0.2, 0) is 5.21 Å². The second-order valence-corrected chi connectivity index (χ2v) is 0.214. The van der Waals surface area contributed by atoms with Crippen molar-refractivity contribution in [3.63, 3.8) is 0 Å². The van der Waals surface area contributed by atoms with Crippen molar-refractivity contribution in [2.24, 2.45) is 0 Å². The van der Waals surface area contributed by atoms with Crippen molar-refractivity contribution in [1.82, 2.24) is 11.2 Å². The van der Waals surface area contributed by atoms with E-state index in [1.807, 2.05) is 0 Å². The van der Waals surface area contributed by atoms with Gasteiger partial charge in [0.05, 0.1) is 0 Å². The van der Waals surface area contributed by atoms with E-state index in [0.717, 1.165) is 11.2 Å². The average molecular weight is 63.0 g/mol. The number of hydrogen-bond donors (Lipinski definition) is 3. The molecule has 0 aromatic heterocycles. The highest BCUT2D eigenvalue weighted by atomic mass is 16.6. The third-order valence-electron chi connectivity index (χ3n) is 0.0456. The fourth-order valence-electron chi connectivity index (χ4n) is 0. The molecule has 0 aromatic rings. The van der Waals surface area contributed by atoms with E-state index in [9.17, 15) is 0 Å². The van der Waals surface area contributed by atoms with E-state index in [0.29, 0.717) is 0 Å². The van der Waals surface area contributed by atoms with Crippen molar-refractivity contribution in [3.05, 3.63) is 0 Å². The van der Waals surface area contributed by atoms with Gasteiger partial charge in [0.1, 0.15) is 0 Å². The molecular formula is H3N2O2. The van der Waals surface area contributed by atoms with Crippen LogP contribution in [0.5, 0.6) is 0 Å². The summed E-state index contributed by atoms with van der Waals surface area (Å²) in [5.74, 6) is 0. The molecule has 25 valence electrons. The Morgan fingerprint density at radius 2 is 2.00 bits per heavy atom. The van der Waals surface area contributed by atoms with Gasteiger partial charge in [0.15, 0.2) is 0 Å². The van der Waals surface area contributed by atoms with E-state index in [1.54, 1.807) is 0 Å². The topological polar surface area (TPSA) is 64.2 Å². The molecule has 4 nitrogen and oxygen atoms in total. The minimum absolute atomic E-state index is 0.986. The van der Waals surface area contributed by atoms with Crippen molar-refractivity contribution < 1.29 is 10.4 Å². The summed E-state index contributed by atoms with van der Waals surface area (Å²) in [6, 6.07) is 0. The molecule has 0 spiro atoms. The van der Waals surface area contributed by atoms with E-state index in [4.69, 9.17) is 10.4 Å². The zero-order valence-corrected chi connectivity index (χ0v) is 1.86. The maximum atomic E-state index is 8.69. The summed E-state index contributed by atoms with van der Waals surface area (Å²) in [7, 11) is 0. The second kappa shape index (κ2) is 2.84. The Labute approximate surface area is 22.9 Å². The van der Waals surface area contributed by atoms with Gasteiger partial charge in [0.25, 0.3) is 0 Å². The van der Waals surface area contributed by atoms with Crippen LogP contribution in [-0.4, -0.2) is 5.21 Å². The van der Waals surface area contributed by atoms with E-state index in [-0.39, 0.29) is 0 Å². The van der Waals surface area contributed by atoms with Gasteiger partial charge in [0, 0.05) is 0 Å². The van der Waals surface area contributed by atoms with Crippen LogP contribution in [0.3, 0.4) is 0 Å². The van der Waals surface area contributed by atoms with Crippen LogP contribution in [0.15, 0.2) is 0 Å². The van der Waals surface area contributed by atoms with Gasteiger partial charge >= 0.3 is 0 Å². The normalized spacial score (nSPS) is 7.50. The first kappa shape index (κ1) is 3.84. The molecule has 0 atom stereocenters. The highest BCUT2D eigenvalue weighted by molar-refractivity contribution is 3.53. The fraction of sp³-hybridized carbons (Fsp3) is 0. The Morgan fingerprint density at radius 1 is 1.75 bits per heavy atom. The summed E-state index contributed by atoms with van der Waals surface area (Å²) in [6.07, 6.45) is 0. The molecule has 0 heterocycles. The van der Waals surface area contributed by atoms with E-state index in [2.05, 4.69) is 0 Å². The Balaban J connectivity index is 1.97. The summed E-state index contributed by atoms with van der Waals surface area (Å²) < 4.78 is 0. The van der Waals surface area contributed by atoms with Gasteiger partial charge in [-0.1, -0.05) is 5.59 Å². The van der Waals surface area contributed by atoms with Gasteiger partial charge in [-0.25, -0.2) is 0 Å². The summed E-state index contributed by atoms with van der Waals surface area (Å²) in [5.41, 5.74) is 2.11. The molecule has 0 aromatic carbocycles. The van der Waals surface area contributed by atoms with E-state index < -0.39 is 0 Å². The predicted octanol–water partition coefficient (Wildman–Crippen LogP) is -1.18. The molecule has 0 aliphatic rings. The molecule has 0 aliphatic heterocycles. The molecule has 0 rings (SSSR count). The molecule has 0 unspecified atom stereocenters. The first-order chi connectivity index (χ1) is 1.91. The molecular weight excluding hydrogens is 60.0 g/mol. The largest absolute Gasteiger partial charge is 0.300 e. The molecule has 0 bridgehead atoms. The van der Waals surface area contributed by atoms with Crippen LogP contribution in [0.1, 0.15) is 0 Å². The standard InChI is InChI=1S/H3N2O2/c3-1-2-4/h1-3H. The molecule has 0 saturated carbocycles. The first-order valence-corrected chi connectivity index (χ1v) is 0.678. The lowest BCUT2D eigenvalue weighted by Crippen LogP contribution is -2.21. The van der Waals surface area contributed by atoms with Crippen molar-refractivity contribution in [2.45, 2.75) is 0 Å². The highest BCUT2D eigenvalue weighted by Crippen LogP contribution is 1.08. The van der Waals surface area contributed by atoms with Gasteiger partial charge in [-0.2, -0.15) is 0 Å². The van der Waals surface area contributed by atoms with Crippen LogP contribution >= 0.6 is 0 Å². The first-order valence-electron chi connectivity index (χ1n) is 0.678. The van der Waals surface area contributed by atoms with Gasteiger partial charge in [-0.3, -0.25) is 5.21 Å². The summed E-state index contributed by atoms with van der Waals surface area (Å²) >= 11 is 0. The lowest BCUT2D eigenvalue weighted by molar-refractivity contribution is -0.0627. The van der Waals surface area contributed by atoms with Crippen LogP contribution in [0, 0.1) is 0 Å². The fourth-order valence-corrected chi connectivity index (χ4v) is 0. The summed E-state index contributed by atoms with van der Waals surface area (Å²) in [4.78, 5) is 0. The molecule has 3 N–H and O–H groups in total. The van der Waals surface area contributed by atoms with Gasteiger partial charge in [0.2, 0.25) is 0 Å². The van der Waals surface area contributed by atoms with Gasteiger partial charge in [-0.05, 0) is 0 Å². The van der Waals surface area contributed by atoms with Crippen LogP contribution in [0.4, 0.5) is 0 Å². The number of hydrazine groups is 1. The molecule has 4 heavy (non-hydrogen) atoms. The number of nitrogens with one attached hydrogen (secondary N) is 2. The lowest BCUT2D eigenvalue weighted by Gasteiger charge is -1.75. The maximum absolute atomic E-state index is 8.69. The number of hydrogen-bond acceptors (Lipinski definition) is 3. The van der Waals surface area contributed by atoms with E-state index >= 15 is 0 Å². The van der Waals surface area contributed by atoms with Crippen LogP contribution in [0.25, 0.3) is 0 Å². The van der Waals surface area contributed by atoms with Crippen molar-refractivity contribution in [3.8, 4) is 0 Å². The zero-order chi connectivity index (χ0) is 3.41. The molecule has 1 radical (unpaired) electrons. The minimum atomic E-state index is 0.986. The second-order valence-electron chi connectivity index (χ2n) is 0.214. The third kappa shape index (κ3) is 1.84. The highest BCUT2D eigenvalue weighted by Gasteiger charge is 1.50. The van der Waals surface area contributed by atoms with Gasteiger partial charge < -0.3 is 0 Å². The molecule has 0 aliphatic carbocycles. The smallest absolute Gasteiger partial charge is 0.0785 e. The molecule has 0 amide bonds. The monoisotopic (exact) mass is 63.0 g/mol. The Morgan fingerprint density at radius 3 is 2.00 bits per heavy atom. The predicted molar refractivity (Wildman–Crippen MR) is 8.74 cm³/mol. The van der Waals surface area contributed by atoms with Crippen molar-refractivity contribution in [1.29, 1.82) is 0 Å². The van der Waals surface area contributed by atoms with Crippen LogP contribution < -0.4 is 11.2 Å².